The third-order valence-electron chi connectivity index (χ3n) is 3.97. The quantitative estimate of drug-likeness (QED) is 0.790. The highest BCUT2D eigenvalue weighted by molar-refractivity contribution is 5.65. The largest absolute Gasteiger partial charge is 0.394 e. The van der Waals surface area contributed by atoms with Gasteiger partial charge in [-0.05, 0) is 19.1 Å². The molecular weight excluding hydrogens is 280 g/mol. The number of benzene rings is 1. The van der Waals surface area contributed by atoms with Gasteiger partial charge in [-0.15, -0.1) is 0 Å². The first-order valence-electron chi connectivity index (χ1n) is 7.55. The summed E-state index contributed by atoms with van der Waals surface area (Å²) in [7, 11) is 0. The van der Waals surface area contributed by atoms with Crippen LogP contribution in [0.2, 0.25) is 0 Å². The van der Waals surface area contributed by atoms with Crippen LogP contribution < -0.4 is 10.6 Å². The Morgan fingerprint density at radius 1 is 1.32 bits per heavy atom. The summed E-state index contributed by atoms with van der Waals surface area (Å²) < 4.78 is 5.38. The molecule has 0 saturated carbocycles. The molecule has 0 bridgehead atoms. The van der Waals surface area contributed by atoms with E-state index in [4.69, 9.17) is 15.6 Å². The van der Waals surface area contributed by atoms with Gasteiger partial charge in [-0.2, -0.15) is 0 Å². The van der Waals surface area contributed by atoms with Crippen LogP contribution in [0.4, 0.5) is 5.69 Å². The van der Waals surface area contributed by atoms with Gasteiger partial charge in [-0.3, -0.25) is 0 Å². The molecule has 2 aromatic rings. The van der Waals surface area contributed by atoms with Gasteiger partial charge in [-0.25, -0.2) is 4.98 Å². The molecule has 0 amide bonds. The minimum absolute atomic E-state index is 0.123. The van der Waals surface area contributed by atoms with Crippen LogP contribution in [0.15, 0.2) is 24.3 Å². The van der Waals surface area contributed by atoms with Gasteiger partial charge in [0.05, 0.1) is 31.6 Å². The third kappa shape index (κ3) is 2.99. The lowest BCUT2D eigenvalue weighted by Gasteiger charge is -2.28. The monoisotopic (exact) mass is 302 g/mol. The van der Waals surface area contributed by atoms with Crippen LogP contribution in [-0.2, 0) is 4.74 Å². The first kappa shape index (κ1) is 15.0. The minimum Gasteiger partial charge on any atom is -0.394 e. The van der Waals surface area contributed by atoms with Crippen molar-refractivity contribution >= 4 is 5.69 Å². The summed E-state index contributed by atoms with van der Waals surface area (Å²) in [6, 6.07) is 7.89. The number of nitrogens with one attached hydrogen (secondary N) is 1. The molecule has 6 nitrogen and oxygen atoms in total. The van der Waals surface area contributed by atoms with E-state index in [0.717, 1.165) is 43.3 Å². The molecule has 0 unspecified atom stereocenters. The number of aryl methyl sites for hydroxylation is 1. The molecule has 22 heavy (non-hydrogen) atoms. The lowest BCUT2D eigenvalue weighted by Crippen LogP contribution is -2.36. The average Bonchev–Trinajstić information content (AvgIpc) is 2.97. The van der Waals surface area contributed by atoms with Crippen molar-refractivity contribution in [1.29, 1.82) is 0 Å². The van der Waals surface area contributed by atoms with Gasteiger partial charge in [-0.1, -0.05) is 12.1 Å². The zero-order valence-electron chi connectivity index (χ0n) is 12.7. The molecule has 1 atom stereocenters. The van der Waals surface area contributed by atoms with Crippen molar-refractivity contribution in [2.75, 3.05) is 37.8 Å². The lowest BCUT2D eigenvalue weighted by molar-refractivity contribution is 0.122. The van der Waals surface area contributed by atoms with Crippen molar-refractivity contribution in [3.63, 3.8) is 0 Å². The van der Waals surface area contributed by atoms with Crippen LogP contribution in [0.25, 0.3) is 11.3 Å². The molecule has 1 fully saturated rings. The number of hydrogen-bond acceptors (Lipinski definition) is 5. The second-order valence-corrected chi connectivity index (χ2v) is 5.53. The maximum absolute atomic E-state index is 9.14. The number of aliphatic hydroxyl groups is 1. The SMILES string of the molecule is Cc1[nH]c([C@@H](N)CO)nc1-c1ccc(N2CCOCC2)cc1. The number of ether oxygens (including phenoxy) is 1. The number of rotatable bonds is 4. The normalized spacial score (nSPS) is 16.8. The van der Waals surface area contributed by atoms with E-state index in [0.29, 0.717) is 5.82 Å². The Balaban J connectivity index is 1.82. The van der Waals surface area contributed by atoms with Crippen LogP contribution in [0.1, 0.15) is 17.6 Å². The molecule has 1 aromatic carbocycles. The topological polar surface area (TPSA) is 87.4 Å². The molecule has 0 spiro atoms. The molecule has 2 heterocycles. The van der Waals surface area contributed by atoms with E-state index in [1.54, 1.807) is 0 Å². The molecule has 1 aliphatic heterocycles. The fraction of sp³-hybridized carbons (Fsp3) is 0.438. The van der Waals surface area contributed by atoms with Gasteiger partial charge in [0.2, 0.25) is 0 Å². The van der Waals surface area contributed by atoms with Gasteiger partial charge in [0.15, 0.2) is 0 Å². The molecule has 118 valence electrons. The molecule has 4 N–H and O–H groups in total. The van der Waals surface area contributed by atoms with E-state index < -0.39 is 6.04 Å². The summed E-state index contributed by atoms with van der Waals surface area (Å²) >= 11 is 0. The number of H-pyrrole nitrogens is 1. The third-order valence-corrected chi connectivity index (χ3v) is 3.97. The highest BCUT2D eigenvalue weighted by Gasteiger charge is 2.15. The first-order valence-corrected chi connectivity index (χ1v) is 7.55. The van der Waals surface area contributed by atoms with E-state index in [9.17, 15) is 0 Å². The highest BCUT2D eigenvalue weighted by Crippen LogP contribution is 2.25. The first-order chi connectivity index (χ1) is 10.7. The number of anilines is 1. The number of nitrogens with two attached hydrogens (primary N) is 1. The fourth-order valence-corrected chi connectivity index (χ4v) is 2.68. The summed E-state index contributed by atoms with van der Waals surface area (Å²) in [6.45, 7) is 5.26. The van der Waals surface area contributed by atoms with E-state index in [1.807, 2.05) is 6.92 Å². The van der Waals surface area contributed by atoms with Crippen molar-refractivity contribution in [3.8, 4) is 11.3 Å². The van der Waals surface area contributed by atoms with E-state index in [2.05, 4.69) is 39.1 Å². The highest BCUT2D eigenvalue weighted by atomic mass is 16.5. The second kappa shape index (κ2) is 6.48. The molecule has 1 aliphatic rings. The Kier molecular flexibility index (Phi) is 4.42. The molecule has 0 aliphatic carbocycles. The standard InChI is InChI=1S/C16H22N4O2/c1-11-15(19-16(18-11)14(17)10-21)12-2-4-13(5-3-12)20-6-8-22-9-7-20/h2-5,14,21H,6-10,17H2,1H3,(H,18,19)/t14-/m0/s1. The second-order valence-electron chi connectivity index (χ2n) is 5.53. The predicted molar refractivity (Wildman–Crippen MR) is 85.8 cm³/mol. The van der Waals surface area contributed by atoms with Gasteiger partial charge in [0.25, 0.3) is 0 Å². The number of aromatic nitrogens is 2. The average molecular weight is 302 g/mol. The minimum atomic E-state index is -0.472. The van der Waals surface area contributed by atoms with Crippen molar-refractivity contribution in [2.45, 2.75) is 13.0 Å². The molecule has 6 heteroatoms. The van der Waals surface area contributed by atoms with E-state index >= 15 is 0 Å². The summed E-state index contributed by atoms with van der Waals surface area (Å²) in [4.78, 5) is 9.98. The van der Waals surface area contributed by atoms with Crippen LogP contribution in [0, 0.1) is 6.92 Å². The van der Waals surface area contributed by atoms with Crippen LogP contribution in [0.3, 0.4) is 0 Å². The Morgan fingerprint density at radius 2 is 2.00 bits per heavy atom. The summed E-state index contributed by atoms with van der Waals surface area (Å²) in [6.07, 6.45) is 0. The number of hydrogen-bond donors (Lipinski definition) is 3. The number of imidazole rings is 1. The van der Waals surface area contributed by atoms with Crippen molar-refractivity contribution < 1.29 is 9.84 Å². The molecular formula is C16H22N4O2. The Bertz CT molecular complexity index is 618. The Labute approximate surface area is 129 Å². The van der Waals surface area contributed by atoms with Crippen LogP contribution >= 0.6 is 0 Å². The number of nitrogens with zero attached hydrogens (tertiary/aromatic N) is 2. The number of aliphatic hydroxyl groups excluding tert-OH is 1. The zero-order valence-corrected chi connectivity index (χ0v) is 12.7. The summed E-state index contributed by atoms with van der Waals surface area (Å²) in [5, 5.41) is 9.14. The smallest absolute Gasteiger partial charge is 0.126 e. The zero-order chi connectivity index (χ0) is 15.5. The lowest BCUT2D eigenvalue weighted by atomic mass is 10.1. The maximum atomic E-state index is 9.14. The van der Waals surface area contributed by atoms with Crippen LogP contribution in [-0.4, -0.2) is 48.0 Å². The van der Waals surface area contributed by atoms with Gasteiger partial charge in [0.1, 0.15) is 5.82 Å². The van der Waals surface area contributed by atoms with Gasteiger partial charge < -0.3 is 25.5 Å². The van der Waals surface area contributed by atoms with Crippen LogP contribution in [0.5, 0.6) is 0 Å². The molecule has 3 rings (SSSR count). The van der Waals surface area contributed by atoms with Crippen molar-refractivity contribution in [2.24, 2.45) is 5.73 Å². The van der Waals surface area contributed by atoms with Crippen molar-refractivity contribution in [1.82, 2.24) is 9.97 Å². The van der Waals surface area contributed by atoms with E-state index in [-0.39, 0.29) is 6.61 Å². The van der Waals surface area contributed by atoms with Crippen molar-refractivity contribution in [3.05, 3.63) is 35.8 Å². The van der Waals surface area contributed by atoms with Gasteiger partial charge >= 0.3 is 0 Å². The Hall–Kier alpha value is -1.89. The summed E-state index contributed by atoms with van der Waals surface area (Å²) in [5.41, 5.74) is 9.90. The van der Waals surface area contributed by atoms with Gasteiger partial charge in [0, 0.05) is 30.0 Å². The number of morpholine rings is 1. The maximum Gasteiger partial charge on any atom is 0.126 e. The molecule has 1 aromatic heterocycles. The number of aromatic amines is 1. The molecule has 1 saturated heterocycles. The Morgan fingerprint density at radius 3 is 2.64 bits per heavy atom. The predicted octanol–water partition coefficient (Wildman–Crippen LogP) is 1.21. The summed E-state index contributed by atoms with van der Waals surface area (Å²) in [5.74, 6) is 0.618. The molecule has 0 radical (unpaired) electrons. The fourth-order valence-electron chi connectivity index (χ4n) is 2.68. The van der Waals surface area contributed by atoms with E-state index in [1.165, 1.54) is 5.69 Å².